The Morgan fingerprint density at radius 1 is 1.03 bits per heavy atom. The number of rotatable bonds is 10. The normalized spacial score (nSPS) is 13.8. The molecule has 34 heavy (non-hydrogen) atoms. The molecule has 2 aromatic carbocycles. The average Bonchev–Trinajstić information content (AvgIpc) is 2.81. The van der Waals surface area contributed by atoms with E-state index in [4.69, 9.17) is 0 Å². The molecule has 0 radical (unpaired) electrons. The van der Waals surface area contributed by atoms with Gasteiger partial charge in [-0.05, 0) is 74.1 Å². The largest absolute Gasteiger partial charge is 0.315 e. The van der Waals surface area contributed by atoms with Gasteiger partial charge in [-0.2, -0.15) is 0 Å². The summed E-state index contributed by atoms with van der Waals surface area (Å²) >= 11 is 0. The van der Waals surface area contributed by atoms with Gasteiger partial charge < -0.3 is 9.47 Å². The van der Waals surface area contributed by atoms with Crippen molar-refractivity contribution in [3.63, 3.8) is 0 Å². The lowest BCUT2D eigenvalue weighted by Gasteiger charge is -2.26. The molecule has 0 saturated carbocycles. The molecule has 0 spiro atoms. The van der Waals surface area contributed by atoms with Crippen LogP contribution in [0.15, 0.2) is 59.5 Å². The highest BCUT2D eigenvalue weighted by Crippen LogP contribution is 2.26. The lowest BCUT2D eigenvalue weighted by Crippen LogP contribution is -2.44. The van der Waals surface area contributed by atoms with Gasteiger partial charge in [0.25, 0.3) is 5.56 Å². The van der Waals surface area contributed by atoms with Crippen LogP contribution in [0.5, 0.6) is 0 Å². The summed E-state index contributed by atoms with van der Waals surface area (Å²) in [6.45, 7) is 4.26. The molecule has 1 heterocycles. The van der Waals surface area contributed by atoms with Crippen LogP contribution >= 0.6 is 0 Å². The van der Waals surface area contributed by atoms with Gasteiger partial charge in [-0.1, -0.05) is 37.3 Å². The molecule has 3 aromatic rings. The van der Waals surface area contributed by atoms with Crippen LogP contribution in [0.4, 0.5) is 0 Å². The molecule has 6 nitrogen and oxygen atoms in total. The van der Waals surface area contributed by atoms with Crippen molar-refractivity contribution in [3.05, 3.63) is 70.6 Å². The number of fused-ring (bicyclic) bond motifs is 1. The zero-order valence-electron chi connectivity index (χ0n) is 20.7. The van der Waals surface area contributed by atoms with Gasteiger partial charge in [0, 0.05) is 37.3 Å². The van der Waals surface area contributed by atoms with Gasteiger partial charge in [-0.25, -0.2) is 8.42 Å². The molecular weight excluding hydrogens is 448 g/mol. The Bertz CT molecular complexity index is 1340. The van der Waals surface area contributed by atoms with E-state index in [1.54, 1.807) is 13.1 Å². The molecule has 0 aliphatic carbocycles. The molecule has 3 rings (SSSR count). The van der Waals surface area contributed by atoms with Gasteiger partial charge in [0.05, 0.1) is 0 Å². The summed E-state index contributed by atoms with van der Waals surface area (Å²) in [4.78, 5) is 27.6. The summed E-state index contributed by atoms with van der Waals surface area (Å²) in [6, 6.07) is 16.1. The molecular formula is C27H34N2O4S. The summed E-state index contributed by atoms with van der Waals surface area (Å²) in [5.74, 6) is -0.332. The van der Waals surface area contributed by atoms with E-state index in [1.807, 2.05) is 24.3 Å². The standard InChI is InChI=1S/C27H34N2O4S/c1-6-25(30)27(2,34(5,32)33)15-18-29-17-14-23-19-22(11-12-24(23)26(29)31)21-9-7-20(8-10-21)13-16-28(3)4/h7-12,14,17,19H,6,13,15-16,18H2,1-5H3/t27-/m1/s1. The van der Waals surface area contributed by atoms with Crippen LogP contribution in [0.3, 0.4) is 0 Å². The smallest absolute Gasteiger partial charge is 0.258 e. The van der Waals surface area contributed by atoms with Crippen molar-refractivity contribution >= 4 is 26.4 Å². The van der Waals surface area contributed by atoms with E-state index in [-0.39, 0.29) is 30.7 Å². The molecule has 0 N–H and O–H groups in total. The molecule has 1 atom stereocenters. The van der Waals surface area contributed by atoms with Crippen LogP contribution in [0.1, 0.15) is 32.3 Å². The molecule has 0 bridgehead atoms. The number of ketones is 1. The maximum atomic E-state index is 13.1. The first-order valence-electron chi connectivity index (χ1n) is 11.6. The maximum Gasteiger partial charge on any atom is 0.258 e. The molecule has 0 amide bonds. The van der Waals surface area contributed by atoms with Crippen LogP contribution in [0.25, 0.3) is 21.9 Å². The van der Waals surface area contributed by atoms with E-state index in [1.165, 1.54) is 17.1 Å². The van der Waals surface area contributed by atoms with Crippen LogP contribution < -0.4 is 5.56 Å². The number of sulfone groups is 1. The first-order valence-corrected chi connectivity index (χ1v) is 13.5. The van der Waals surface area contributed by atoms with Crippen LogP contribution in [0, 0.1) is 0 Å². The zero-order chi connectivity index (χ0) is 25.1. The Hall–Kier alpha value is -2.77. The third-order valence-corrected chi connectivity index (χ3v) is 8.74. The number of nitrogens with zero attached hydrogens (tertiary/aromatic N) is 2. The number of hydrogen-bond acceptors (Lipinski definition) is 5. The number of carbonyl (C=O) groups excluding carboxylic acids is 1. The minimum absolute atomic E-state index is 0.0577. The fourth-order valence-corrected chi connectivity index (χ4v) is 5.12. The van der Waals surface area contributed by atoms with E-state index < -0.39 is 14.6 Å². The minimum Gasteiger partial charge on any atom is -0.315 e. The van der Waals surface area contributed by atoms with E-state index >= 15 is 0 Å². The van der Waals surface area contributed by atoms with Crippen molar-refractivity contribution in [1.29, 1.82) is 0 Å². The van der Waals surface area contributed by atoms with Crippen LogP contribution in [-0.2, 0) is 27.6 Å². The van der Waals surface area contributed by atoms with Gasteiger partial charge in [0.15, 0.2) is 15.6 Å². The summed E-state index contributed by atoms with van der Waals surface area (Å²) < 4.78 is 24.6. The number of aromatic nitrogens is 1. The average molecular weight is 483 g/mol. The lowest BCUT2D eigenvalue weighted by atomic mass is 9.99. The van der Waals surface area contributed by atoms with Crippen molar-refractivity contribution in [2.75, 3.05) is 26.9 Å². The lowest BCUT2D eigenvalue weighted by molar-refractivity contribution is -0.121. The summed E-state index contributed by atoms with van der Waals surface area (Å²) in [6.07, 6.45) is 3.95. The first kappa shape index (κ1) is 25.8. The number of carbonyl (C=O) groups is 1. The molecule has 0 fully saturated rings. The number of hydrogen-bond donors (Lipinski definition) is 0. The molecule has 0 aliphatic heterocycles. The summed E-state index contributed by atoms with van der Waals surface area (Å²) in [5, 5.41) is 1.39. The number of likely N-dealkylation sites (N-methyl/N-ethyl adjacent to an activating group) is 1. The molecule has 0 unspecified atom stereocenters. The number of aryl methyl sites for hydroxylation is 1. The first-order chi connectivity index (χ1) is 16.0. The predicted octanol–water partition coefficient (Wildman–Crippen LogP) is 3.95. The van der Waals surface area contributed by atoms with Crippen molar-refractivity contribution < 1.29 is 13.2 Å². The van der Waals surface area contributed by atoms with Crippen molar-refractivity contribution in [2.24, 2.45) is 0 Å². The van der Waals surface area contributed by atoms with Crippen LogP contribution in [-0.4, -0.2) is 55.3 Å². The van der Waals surface area contributed by atoms with Gasteiger partial charge in [-0.15, -0.1) is 0 Å². The second kappa shape index (κ2) is 10.2. The predicted molar refractivity (Wildman–Crippen MR) is 139 cm³/mol. The SMILES string of the molecule is CCC(=O)[C@@](C)(CCn1ccc2cc(-c3ccc(CCN(C)C)cc3)ccc2c1=O)S(C)(=O)=O. The van der Waals surface area contributed by atoms with E-state index in [0.717, 1.165) is 35.7 Å². The molecule has 0 aliphatic rings. The van der Waals surface area contributed by atoms with Gasteiger partial charge in [-0.3, -0.25) is 9.59 Å². The van der Waals surface area contributed by atoms with Crippen molar-refractivity contribution in [2.45, 2.75) is 44.4 Å². The van der Waals surface area contributed by atoms with Gasteiger partial charge >= 0.3 is 0 Å². The minimum atomic E-state index is -3.62. The Labute approximate surface area is 202 Å². The molecule has 1 aromatic heterocycles. The van der Waals surface area contributed by atoms with Crippen molar-refractivity contribution in [1.82, 2.24) is 9.47 Å². The number of pyridine rings is 1. The highest BCUT2D eigenvalue weighted by atomic mass is 32.2. The quantitative estimate of drug-likeness (QED) is 0.437. The molecule has 182 valence electrons. The second-order valence-corrected chi connectivity index (χ2v) is 11.8. The molecule has 0 saturated heterocycles. The Morgan fingerprint density at radius 3 is 2.26 bits per heavy atom. The van der Waals surface area contributed by atoms with Gasteiger partial charge in [0.2, 0.25) is 0 Å². The zero-order valence-corrected chi connectivity index (χ0v) is 21.5. The topological polar surface area (TPSA) is 76.5 Å². The number of Topliss-reactive ketones (excluding diaryl/α,β-unsaturated/α-hetero) is 1. The maximum absolute atomic E-state index is 13.1. The fraction of sp³-hybridized carbons (Fsp3) is 0.407. The van der Waals surface area contributed by atoms with E-state index in [9.17, 15) is 18.0 Å². The monoisotopic (exact) mass is 482 g/mol. The summed E-state index contributed by atoms with van der Waals surface area (Å²) in [7, 11) is 0.508. The Balaban J connectivity index is 1.85. The Morgan fingerprint density at radius 2 is 1.68 bits per heavy atom. The fourth-order valence-electron chi connectivity index (χ4n) is 4.10. The van der Waals surface area contributed by atoms with Crippen molar-refractivity contribution in [3.8, 4) is 11.1 Å². The molecule has 7 heteroatoms. The highest BCUT2D eigenvalue weighted by molar-refractivity contribution is 7.92. The Kier molecular flexibility index (Phi) is 7.78. The second-order valence-electron chi connectivity index (χ2n) is 9.40. The highest BCUT2D eigenvalue weighted by Gasteiger charge is 2.41. The third-order valence-electron chi connectivity index (χ3n) is 6.67. The summed E-state index contributed by atoms with van der Waals surface area (Å²) in [5.41, 5.74) is 3.20. The van der Waals surface area contributed by atoms with E-state index in [0.29, 0.717) is 5.39 Å². The number of benzene rings is 2. The third kappa shape index (κ3) is 5.47. The van der Waals surface area contributed by atoms with E-state index in [2.05, 4.69) is 43.3 Å². The van der Waals surface area contributed by atoms with Gasteiger partial charge in [0.1, 0.15) is 4.75 Å². The van der Waals surface area contributed by atoms with Crippen LogP contribution in [0.2, 0.25) is 0 Å².